The Kier molecular flexibility index (Phi) is 1.26. The maximum Gasteiger partial charge on any atom is 0.133 e. The Morgan fingerprint density at radius 3 is 2.67 bits per heavy atom. The van der Waals surface area contributed by atoms with Gasteiger partial charge in [0.15, 0.2) is 0 Å². The van der Waals surface area contributed by atoms with Crippen LogP contribution in [0.25, 0.3) is 0 Å². The van der Waals surface area contributed by atoms with Crippen molar-refractivity contribution in [3.8, 4) is 0 Å². The molecule has 0 aromatic rings. The van der Waals surface area contributed by atoms with Crippen molar-refractivity contribution in [3.63, 3.8) is 0 Å². The van der Waals surface area contributed by atoms with Gasteiger partial charge in [-0.15, -0.1) is 0 Å². The molecule has 0 heterocycles. The number of hydrogen-bond acceptors (Lipinski definition) is 1. The van der Waals surface area contributed by atoms with Crippen LogP contribution in [0.15, 0.2) is 0 Å². The third-order valence-electron chi connectivity index (χ3n) is 4.61. The van der Waals surface area contributed by atoms with Crippen molar-refractivity contribution in [2.75, 3.05) is 0 Å². The average molecular weight is 164 g/mol. The Hall–Kier alpha value is -0.330. The molecule has 3 fully saturated rings. The first-order chi connectivity index (χ1) is 5.75. The van der Waals surface area contributed by atoms with Crippen LogP contribution in [0.5, 0.6) is 0 Å². The van der Waals surface area contributed by atoms with Gasteiger partial charge in [-0.3, -0.25) is 4.79 Å². The second-order valence-corrected chi connectivity index (χ2v) is 5.15. The van der Waals surface area contributed by atoms with Crippen LogP contribution in [0.2, 0.25) is 0 Å². The fraction of sp³-hybridized carbons (Fsp3) is 0.909. The van der Waals surface area contributed by atoms with Gasteiger partial charge in [0, 0.05) is 12.8 Å². The van der Waals surface area contributed by atoms with Gasteiger partial charge >= 0.3 is 0 Å². The minimum Gasteiger partial charge on any atom is -0.300 e. The lowest BCUT2D eigenvalue weighted by molar-refractivity contribution is -0.118. The first-order valence-electron chi connectivity index (χ1n) is 5.27. The summed E-state index contributed by atoms with van der Waals surface area (Å²) in [6.45, 7) is 2.38. The van der Waals surface area contributed by atoms with Crippen molar-refractivity contribution in [1.29, 1.82) is 0 Å². The summed E-state index contributed by atoms with van der Waals surface area (Å²) in [7, 11) is 0. The average Bonchev–Trinajstić information content (AvgIpc) is 2.57. The number of hydrogen-bond donors (Lipinski definition) is 0. The van der Waals surface area contributed by atoms with Crippen LogP contribution in [-0.2, 0) is 4.79 Å². The highest BCUT2D eigenvalue weighted by molar-refractivity contribution is 5.81. The largest absolute Gasteiger partial charge is 0.300 e. The summed E-state index contributed by atoms with van der Waals surface area (Å²) in [6, 6.07) is 0. The van der Waals surface area contributed by atoms with Gasteiger partial charge in [-0.2, -0.15) is 0 Å². The molecule has 0 aromatic heterocycles. The zero-order valence-corrected chi connectivity index (χ0v) is 7.62. The Morgan fingerprint density at radius 2 is 1.83 bits per heavy atom. The van der Waals surface area contributed by atoms with E-state index in [0.29, 0.717) is 5.78 Å². The molecule has 0 saturated heterocycles. The van der Waals surface area contributed by atoms with Crippen LogP contribution in [0.4, 0.5) is 0 Å². The van der Waals surface area contributed by atoms with Gasteiger partial charge in [-0.05, 0) is 42.4 Å². The van der Waals surface area contributed by atoms with Gasteiger partial charge in [-0.1, -0.05) is 6.92 Å². The maximum atomic E-state index is 11.3. The number of rotatable bonds is 0. The quantitative estimate of drug-likeness (QED) is 0.536. The van der Waals surface area contributed by atoms with E-state index in [1.165, 1.54) is 12.8 Å². The van der Waals surface area contributed by atoms with Gasteiger partial charge in [-0.25, -0.2) is 0 Å². The molecule has 12 heavy (non-hydrogen) atoms. The van der Waals surface area contributed by atoms with Crippen LogP contribution in [0.3, 0.4) is 0 Å². The predicted octanol–water partition coefficient (Wildman–Crippen LogP) is 2.26. The minimum absolute atomic E-state index is 0.550. The Labute approximate surface area is 73.5 Å². The molecular weight excluding hydrogens is 148 g/mol. The van der Waals surface area contributed by atoms with E-state index in [0.717, 1.165) is 42.4 Å². The van der Waals surface area contributed by atoms with Gasteiger partial charge < -0.3 is 0 Å². The molecule has 2 bridgehead atoms. The second-order valence-electron chi connectivity index (χ2n) is 5.15. The van der Waals surface area contributed by atoms with Gasteiger partial charge in [0.25, 0.3) is 0 Å². The van der Waals surface area contributed by atoms with Crippen LogP contribution in [0, 0.1) is 29.6 Å². The normalized spacial score (nSPS) is 56.4. The summed E-state index contributed by atoms with van der Waals surface area (Å²) < 4.78 is 0. The first-order valence-corrected chi connectivity index (χ1v) is 5.27. The van der Waals surface area contributed by atoms with Crippen molar-refractivity contribution in [1.82, 2.24) is 0 Å². The Morgan fingerprint density at radius 1 is 1.08 bits per heavy atom. The van der Waals surface area contributed by atoms with Crippen LogP contribution in [-0.4, -0.2) is 5.78 Å². The summed E-state index contributed by atoms with van der Waals surface area (Å²) in [4.78, 5) is 11.3. The molecule has 0 amide bonds. The van der Waals surface area contributed by atoms with Crippen LogP contribution in [0.1, 0.15) is 32.6 Å². The molecule has 66 valence electrons. The molecule has 0 radical (unpaired) electrons. The summed E-state index contributed by atoms with van der Waals surface area (Å²) in [5.41, 5.74) is 0. The zero-order valence-electron chi connectivity index (χ0n) is 7.62. The van der Waals surface area contributed by atoms with E-state index >= 15 is 0 Å². The highest BCUT2D eigenvalue weighted by atomic mass is 16.1. The van der Waals surface area contributed by atoms with Crippen LogP contribution >= 0.6 is 0 Å². The van der Waals surface area contributed by atoms with Crippen molar-refractivity contribution in [2.24, 2.45) is 29.6 Å². The molecular formula is C11H16O. The highest BCUT2D eigenvalue weighted by Crippen LogP contribution is 2.59. The molecule has 1 nitrogen and oxygen atoms in total. The molecule has 3 saturated carbocycles. The summed E-state index contributed by atoms with van der Waals surface area (Å²) >= 11 is 0. The second kappa shape index (κ2) is 2.12. The predicted molar refractivity (Wildman–Crippen MR) is 46.6 cm³/mol. The molecule has 0 spiro atoms. The smallest absolute Gasteiger partial charge is 0.133 e. The molecule has 5 unspecified atom stereocenters. The molecule has 3 aliphatic rings. The van der Waals surface area contributed by atoms with E-state index in [1.807, 2.05) is 0 Å². The van der Waals surface area contributed by atoms with Gasteiger partial charge in [0.2, 0.25) is 0 Å². The third kappa shape index (κ3) is 0.725. The van der Waals surface area contributed by atoms with Gasteiger partial charge in [0.05, 0.1) is 0 Å². The number of carbonyl (C=O) groups excluding carboxylic acids is 1. The SMILES string of the molecule is CC1CC2CC1C1CC(=O)CC21. The number of Topliss-reactive ketones (excluding diaryl/α,β-unsaturated/α-hetero) is 1. The molecule has 5 atom stereocenters. The van der Waals surface area contributed by atoms with Crippen LogP contribution < -0.4 is 0 Å². The maximum absolute atomic E-state index is 11.3. The van der Waals surface area contributed by atoms with Gasteiger partial charge in [0.1, 0.15) is 5.78 Å². The summed E-state index contributed by atoms with van der Waals surface area (Å²) in [5.74, 6) is 4.95. The Bertz CT molecular complexity index is 233. The zero-order chi connectivity index (χ0) is 8.29. The summed E-state index contributed by atoms with van der Waals surface area (Å²) in [5, 5.41) is 0. The monoisotopic (exact) mass is 164 g/mol. The van der Waals surface area contributed by atoms with E-state index in [9.17, 15) is 4.79 Å². The first kappa shape index (κ1) is 7.11. The van der Waals surface area contributed by atoms with E-state index < -0.39 is 0 Å². The Balaban J connectivity index is 1.90. The summed E-state index contributed by atoms with van der Waals surface area (Å²) in [6.07, 6.45) is 4.72. The fourth-order valence-electron chi connectivity index (χ4n) is 4.17. The number of fused-ring (bicyclic) bond motifs is 5. The van der Waals surface area contributed by atoms with Crippen molar-refractivity contribution in [3.05, 3.63) is 0 Å². The van der Waals surface area contributed by atoms with Crippen molar-refractivity contribution >= 4 is 5.78 Å². The molecule has 0 N–H and O–H groups in total. The number of carbonyl (C=O) groups is 1. The number of ketones is 1. The molecule has 0 aromatic carbocycles. The lowest BCUT2D eigenvalue weighted by Crippen LogP contribution is -2.22. The minimum atomic E-state index is 0.550. The third-order valence-corrected chi connectivity index (χ3v) is 4.61. The van der Waals surface area contributed by atoms with Crippen molar-refractivity contribution in [2.45, 2.75) is 32.6 Å². The standard InChI is InChI=1S/C11H16O/c1-6-2-7-3-9(6)11-5-8(12)4-10(7)11/h6-7,9-11H,2-5H2,1H3. The van der Waals surface area contributed by atoms with E-state index in [4.69, 9.17) is 0 Å². The van der Waals surface area contributed by atoms with Crippen molar-refractivity contribution < 1.29 is 4.79 Å². The topological polar surface area (TPSA) is 17.1 Å². The van der Waals surface area contributed by atoms with E-state index in [1.54, 1.807) is 0 Å². The molecule has 3 aliphatic carbocycles. The van der Waals surface area contributed by atoms with E-state index in [2.05, 4.69) is 6.92 Å². The lowest BCUT2D eigenvalue weighted by Gasteiger charge is -2.28. The lowest BCUT2D eigenvalue weighted by atomic mass is 9.77. The fourth-order valence-corrected chi connectivity index (χ4v) is 4.17. The molecule has 0 aliphatic heterocycles. The highest BCUT2D eigenvalue weighted by Gasteiger charge is 2.54. The molecule has 1 heteroatoms. The van der Waals surface area contributed by atoms with E-state index in [-0.39, 0.29) is 0 Å². The molecule has 3 rings (SSSR count).